The van der Waals surface area contributed by atoms with Crippen molar-refractivity contribution in [1.82, 2.24) is 9.97 Å². The highest BCUT2D eigenvalue weighted by molar-refractivity contribution is 6.33. The average Bonchev–Trinajstić information content (AvgIpc) is 2.47. The molecule has 1 aromatic heterocycles. The van der Waals surface area contributed by atoms with Crippen molar-refractivity contribution >= 4 is 28.3 Å². The molecule has 1 heterocycles. The normalized spacial score (nSPS) is 10.7. The fraction of sp³-hybridized carbons (Fsp3) is 0.429. The number of rotatable bonds is 5. The largest absolute Gasteiger partial charge is 0.491 e. The van der Waals surface area contributed by atoms with Crippen LogP contribution in [0.4, 0.5) is 5.82 Å². The summed E-state index contributed by atoms with van der Waals surface area (Å²) in [6, 6.07) is 1.83. The molecule has 20 heavy (non-hydrogen) atoms. The maximum atomic E-state index is 6.27. The lowest BCUT2D eigenvalue weighted by molar-refractivity contribution is 0.358. The maximum absolute atomic E-state index is 6.27. The number of nitrogens with zero attached hydrogens (tertiary/aromatic N) is 3. The molecule has 0 spiro atoms. The van der Waals surface area contributed by atoms with Gasteiger partial charge in [-0.05, 0) is 19.9 Å². The van der Waals surface area contributed by atoms with Crippen molar-refractivity contribution in [1.29, 1.82) is 0 Å². The van der Waals surface area contributed by atoms with Crippen LogP contribution in [0.15, 0.2) is 12.4 Å². The molecule has 0 atom stereocenters. The number of hydrogen-bond donors (Lipinski definition) is 0. The third-order valence-electron chi connectivity index (χ3n) is 3.24. The number of fused-ring (bicyclic) bond motifs is 1. The highest BCUT2D eigenvalue weighted by Gasteiger charge is 2.19. The fourth-order valence-electron chi connectivity index (χ4n) is 2.26. The molecule has 2 aromatic rings. The second-order valence-electron chi connectivity index (χ2n) is 4.19. The van der Waals surface area contributed by atoms with Gasteiger partial charge in [-0.2, -0.15) is 0 Å². The van der Waals surface area contributed by atoms with E-state index in [9.17, 15) is 0 Å². The summed E-state index contributed by atoms with van der Waals surface area (Å²) in [7, 11) is 3.13. The molecule has 6 heteroatoms. The molecule has 108 valence electrons. The van der Waals surface area contributed by atoms with Gasteiger partial charge in [-0.25, -0.2) is 9.97 Å². The number of methoxy groups -OCH3 is 2. The zero-order valence-electron chi connectivity index (χ0n) is 12.1. The van der Waals surface area contributed by atoms with Crippen molar-refractivity contribution in [2.24, 2.45) is 0 Å². The smallest absolute Gasteiger partial charge is 0.188 e. The van der Waals surface area contributed by atoms with Gasteiger partial charge in [-0.1, -0.05) is 11.6 Å². The molecular formula is C14H18ClN3O2. The molecule has 0 fully saturated rings. The number of halogens is 1. The van der Waals surface area contributed by atoms with Crippen LogP contribution in [0.5, 0.6) is 11.5 Å². The lowest BCUT2D eigenvalue weighted by Crippen LogP contribution is -2.23. The summed E-state index contributed by atoms with van der Waals surface area (Å²) >= 11 is 6.27. The van der Waals surface area contributed by atoms with Gasteiger partial charge in [0.15, 0.2) is 11.5 Å². The summed E-state index contributed by atoms with van der Waals surface area (Å²) in [5.41, 5.74) is 0.700. The van der Waals surface area contributed by atoms with Gasteiger partial charge < -0.3 is 14.4 Å². The number of benzene rings is 1. The minimum Gasteiger partial charge on any atom is -0.491 e. The summed E-state index contributed by atoms with van der Waals surface area (Å²) in [4.78, 5) is 10.8. The number of aromatic nitrogens is 2. The van der Waals surface area contributed by atoms with Crippen LogP contribution in [0.25, 0.3) is 10.9 Å². The summed E-state index contributed by atoms with van der Waals surface area (Å²) in [6.07, 6.45) is 1.53. The Morgan fingerprint density at radius 3 is 2.30 bits per heavy atom. The highest BCUT2D eigenvalue weighted by atomic mass is 35.5. The van der Waals surface area contributed by atoms with E-state index in [4.69, 9.17) is 21.1 Å². The van der Waals surface area contributed by atoms with Gasteiger partial charge in [-0.3, -0.25) is 0 Å². The van der Waals surface area contributed by atoms with E-state index in [-0.39, 0.29) is 0 Å². The monoisotopic (exact) mass is 295 g/mol. The lowest BCUT2D eigenvalue weighted by Gasteiger charge is -2.22. The Morgan fingerprint density at radius 1 is 1.10 bits per heavy atom. The van der Waals surface area contributed by atoms with Gasteiger partial charge in [0.1, 0.15) is 17.7 Å². The van der Waals surface area contributed by atoms with Crippen LogP contribution in [0.1, 0.15) is 13.8 Å². The Balaban J connectivity index is 2.79. The molecule has 5 nitrogen and oxygen atoms in total. The molecule has 0 saturated heterocycles. The van der Waals surface area contributed by atoms with Crippen LogP contribution < -0.4 is 14.4 Å². The number of ether oxygens (including phenoxy) is 2. The minimum atomic E-state index is 0.486. The third-order valence-corrected chi connectivity index (χ3v) is 3.52. The molecule has 0 N–H and O–H groups in total. The predicted molar refractivity (Wildman–Crippen MR) is 81.2 cm³/mol. The van der Waals surface area contributed by atoms with Crippen molar-refractivity contribution in [2.75, 3.05) is 32.2 Å². The van der Waals surface area contributed by atoms with Crippen molar-refractivity contribution in [3.05, 3.63) is 17.4 Å². The van der Waals surface area contributed by atoms with Crippen molar-refractivity contribution in [2.45, 2.75) is 13.8 Å². The van der Waals surface area contributed by atoms with Crippen LogP contribution in [0.2, 0.25) is 5.02 Å². The molecule has 0 unspecified atom stereocenters. The molecule has 0 aliphatic rings. The first kappa shape index (κ1) is 14.7. The Bertz CT molecular complexity index is 615. The maximum Gasteiger partial charge on any atom is 0.188 e. The average molecular weight is 296 g/mol. The van der Waals surface area contributed by atoms with Gasteiger partial charge in [0.2, 0.25) is 0 Å². The first-order chi connectivity index (χ1) is 9.67. The molecule has 0 saturated carbocycles. The zero-order valence-corrected chi connectivity index (χ0v) is 12.9. The van der Waals surface area contributed by atoms with E-state index in [1.807, 2.05) is 6.07 Å². The number of anilines is 1. The summed E-state index contributed by atoms with van der Waals surface area (Å²) in [5, 5.41) is 1.35. The van der Waals surface area contributed by atoms with Crippen molar-refractivity contribution < 1.29 is 9.47 Å². The zero-order chi connectivity index (χ0) is 14.7. The van der Waals surface area contributed by atoms with Gasteiger partial charge in [-0.15, -0.1) is 0 Å². The summed E-state index contributed by atoms with van der Waals surface area (Å²) in [6.45, 7) is 5.88. The molecule has 0 amide bonds. The molecule has 2 rings (SSSR count). The van der Waals surface area contributed by atoms with Gasteiger partial charge in [0, 0.05) is 18.5 Å². The Labute approximate surface area is 123 Å². The first-order valence-electron chi connectivity index (χ1n) is 6.47. The van der Waals surface area contributed by atoms with E-state index in [2.05, 4.69) is 28.7 Å². The highest BCUT2D eigenvalue weighted by Crippen LogP contribution is 2.42. The second-order valence-corrected chi connectivity index (χ2v) is 4.60. The van der Waals surface area contributed by atoms with Gasteiger partial charge >= 0.3 is 0 Å². The molecule has 1 aromatic carbocycles. The quantitative estimate of drug-likeness (QED) is 0.848. The predicted octanol–water partition coefficient (Wildman–Crippen LogP) is 3.15. The fourth-order valence-corrected chi connectivity index (χ4v) is 2.54. The summed E-state index contributed by atoms with van der Waals surface area (Å²) < 4.78 is 10.7. The first-order valence-corrected chi connectivity index (χ1v) is 6.85. The second kappa shape index (κ2) is 6.13. The molecular weight excluding hydrogens is 278 g/mol. The Hall–Kier alpha value is -1.75. The number of hydrogen-bond acceptors (Lipinski definition) is 5. The van der Waals surface area contributed by atoms with Gasteiger partial charge in [0.05, 0.1) is 19.2 Å². The van der Waals surface area contributed by atoms with E-state index < -0.39 is 0 Å². The van der Waals surface area contributed by atoms with E-state index in [0.29, 0.717) is 22.0 Å². The van der Waals surface area contributed by atoms with E-state index in [0.717, 1.165) is 24.3 Å². The topological polar surface area (TPSA) is 47.5 Å². The van der Waals surface area contributed by atoms with E-state index in [1.165, 1.54) is 6.33 Å². The van der Waals surface area contributed by atoms with Gasteiger partial charge in [0.25, 0.3) is 0 Å². The molecule has 0 radical (unpaired) electrons. The van der Waals surface area contributed by atoms with Crippen molar-refractivity contribution in [3.8, 4) is 11.5 Å². The molecule has 0 aliphatic carbocycles. The Morgan fingerprint density at radius 2 is 1.75 bits per heavy atom. The SMILES string of the molecule is CCN(CC)c1ncnc2c(OC)c(OC)c(Cl)cc12. The van der Waals surface area contributed by atoms with Crippen LogP contribution >= 0.6 is 11.6 Å². The van der Waals surface area contributed by atoms with Crippen LogP contribution in [-0.4, -0.2) is 37.3 Å². The van der Waals surface area contributed by atoms with E-state index >= 15 is 0 Å². The standard InChI is InChI=1S/C14H18ClN3O2/c1-5-18(6-2)14-9-7-10(15)12(19-3)13(20-4)11(9)16-8-17-14/h7-8H,5-6H2,1-4H3. The minimum absolute atomic E-state index is 0.486. The third kappa shape index (κ3) is 2.33. The van der Waals surface area contributed by atoms with Crippen molar-refractivity contribution in [3.63, 3.8) is 0 Å². The van der Waals surface area contributed by atoms with E-state index in [1.54, 1.807) is 14.2 Å². The molecule has 0 bridgehead atoms. The molecule has 0 aliphatic heterocycles. The Kier molecular flexibility index (Phi) is 4.49. The van der Waals surface area contributed by atoms with Crippen LogP contribution in [-0.2, 0) is 0 Å². The lowest BCUT2D eigenvalue weighted by atomic mass is 10.2. The van der Waals surface area contributed by atoms with Crippen LogP contribution in [0, 0.1) is 0 Å². The summed E-state index contributed by atoms with van der Waals surface area (Å²) in [5.74, 6) is 1.87. The van der Waals surface area contributed by atoms with Crippen LogP contribution in [0.3, 0.4) is 0 Å².